The number of nitrogens with zero attached hydrogens (tertiary/aromatic N) is 1. The van der Waals surface area contributed by atoms with Crippen LogP contribution in [-0.4, -0.2) is 5.91 Å². The van der Waals surface area contributed by atoms with Crippen LogP contribution in [0.3, 0.4) is 0 Å². The molecule has 1 heterocycles. The van der Waals surface area contributed by atoms with E-state index in [9.17, 15) is 9.18 Å². The predicted octanol–water partition coefficient (Wildman–Crippen LogP) is 4.07. The first-order valence-electron chi connectivity index (χ1n) is 8.29. The van der Waals surface area contributed by atoms with Gasteiger partial charge >= 0.3 is 0 Å². The Kier molecular flexibility index (Phi) is 4.05. The molecule has 4 nitrogen and oxygen atoms in total. The quantitative estimate of drug-likeness (QED) is 0.726. The highest BCUT2D eigenvalue weighted by Gasteiger charge is 2.35. The number of nitrogen functional groups attached to an aromatic ring is 1. The average Bonchev–Trinajstić information content (AvgIpc) is 2.66. The maximum Gasteiger partial charge on any atom is 0.273 e. The fourth-order valence-corrected chi connectivity index (χ4v) is 3.06. The highest BCUT2D eigenvalue weighted by Crippen LogP contribution is 2.40. The lowest BCUT2D eigenvalue weighted by Crippen LogP contribution is -2.40. The molecule has 0 aliphatic carbocycles. The van der Waals surface area contributed by atoms with Crippen molar-refractivity contribution in [3.8, 4) is 5.75 Å². The van der Waals surface area contributed by atoms with E-state index in [1.54, 1.807) is 35.2 Å². The highest BCUT2D eigenvalue weighted by atomic mass is 19.1. The molecule has 0 saturated heterocycles. The number of benzene rings is 3. The summed E-state index contributed by atoms with van der Waals surface area (Å²) in [6.07, 6.45) is -0.744. The largest absolute Gasteiger partial charge is 0.474 e. The molecule has 1 aliphatic rings. The molecule has 0 spiro atoms. The van der Waals surface area contributed by atoms with E-state index < -0.39 is 6.10 Å². The van der Waals surface area contributed by atoms with Gasteiger partial charge < -0.3 is 15.4 Å². The van der Waals surface area contributed by atoms with E-state index in [2.05, 4.69) is 0 Å². The van der Waals surface area contributed by atoms with Gasteiger partial charge in [0, 0.05) is 17.3 Å². The second-order valence-electron chi connectivity index (χ2n) is 6.19. The van der Waals surface area contributed by atoms with Crippen LogP contribution in [0.1, 0.15) is 17.2 Å². The normalized spacial score (nSPS) is 16.1. The number of halogens is 1. The summed E-state index contributed by atoms with van der Waals surface area (Å²) in [5.41, 5.74) is 8.71. The number of nitrogens with two attached hydrogens (primary N) is 1. The van der Waals surface area contributed by atoms with Gasteiger partial charge in [0.05, 0.1) is 12.2 Å². The van der Waals surface area contributed by atoms with Crippen molar-refractivity contribution in [2.75, 3.05) is 10.6 Å². The topological polar surface area (TPSA) is 55.6 Å². The third-order valence-electron chi connectivity index (χ3n) is 4.37. The molecule has 1 atom stereocenters. The van der Waals surface area contributed by atoms with Crippen molar-refractivity contribution in [2.45, 2.75) is 12.6 Å². The van der Waals surface area contributed by atoms with Gasteiger partial charge in [-0.3, -0.25) is 4.79 Å². The Morgan fingerprint density at radius 1 is 1.00 bits per heavy atom. The fraction of sp³-hybridized carbons (Fsp3) is 0.0952. The number of carbonyl (C=O) groups is 1. The lowest BCUT2D eigenvalue weighted by molar-refractivity contribution is -0.126. The van der Waals surface area contributed by atoms with Crippen molar-refractivity contribution in [1.82, 2.24) is 0 Å². The van der Waals surface area contributed by atoms with Gasteiger partial charge in [0.25, 0.3) is 5.91 Å². The Morgan fingerprint density at radius 3 is 2.46 bits per heavy atom. The lowest BCUT2D eigenvalue weighted by atomic mass is 10.0. The van der Waals surface area contributed by atoms with Crippen LogP contribution in [0.25, 0.3) is 0 Å². The summed E-state index contributed by atoms with van der Waals surface area (Å²) in [4.78, 5) is 14.8. The van der Waals surface area contributed by atoms with Crippen LogP contribution in [0.4, 0.5) is 15.8 Å². The number of anilines is 2. The van der Waals surface area contributed by atoms with Gasteiger partial charge in [0.1, 0.15) is 11.6 Å². The highest BCUT2D eigenvalue weighted by molar-refractivity contribution is 6.00. The average molecular weight is 348 g/mol. The van der Waals surface area contributed by atoms with Crippen molar-refractivity contribution < 1.29 is 13.9 Å². The molecule has 1 amide bonds. The standard InChI is InChI=1S/C21H17FN2O2/c22-16-8-6-14(7-9-16)13-24-18-11-10-17(23)12-19(18)26-20(21(24)25)15-4-2-1-3-5-15/h1-12,20H,13,23H2. The Labute approximate surface area is 150 Å². The summed E-state index contributed by atoms with van der Waals surface area (Å²) in [6.45, 7) is 0.322. The van der Waals surface area contributed by atoms with Crippen molar-refractivity contribution in [3.63, 3.8) is 0 Å². The second-order valence-corrected chi connectivity index (χ2v) is 6.19. The first kappa shape index (κ1) is 16.1. The van der Waals surface area contributed by atoms with Crippen molar-refractivity contribution in [3.05, 3.63) is 89.7 Å². The monoisotopic (exact) mass is 348 g/mol. The molecule has 3 aromatic carbocycles. The Morgan fingerprint density at radius 2 is 1.73 bits per heavy atom. The Hall–Kier alpha value is -3.34. The van der Waals surface area contributed by atoms with E-state index in [1.165, 1.54) is 12.1 Å². The lowest BCUT2D eigenvalue weighted by Gasteiger charge is -2.34. The van der Waals surface area contributed by atoms with Crippen LogP contribution in [0.5, 0.6) is 5.75 Å². The number of ether oxygens (including phenoxy) is 1. The van der Waals surface area contributed by atoms with Crippen molar-refractivity contribution >= 4 is 17.3 Å². The van der Waals surface area contributed by atoms with Gasteiger partial charge in [0.15, 0.2) is 0 Å². The van der Waals surface area contributed by atoms with E-state index >= 15 is 0 Å². The number of fused-ring (bicyclic) bond motifs is 1. The van der Waals surface area contributed by atoms with Crippen LogP contribution in [0.2, 0.25) is 0 Å². The number of hydrogen-bond donors (Lipinski definition) is 1. The minimum atomic E-state index is -0.744. The zero-order valence-corrected chi connectivity index (χ0v) is 13.9. The van der Waals surface area contributed by atoms with E-state index in [4.69, 9.17) is 10.5 Å². The molecule has 2 N–H and O–H groups in total. The maximum atomic E-state index is 13.2. The molecule has 5 heteroatoms. The zero-order valence-electron chi connectivity index (χ0n) is 13.9. The zero-order chi connectivity index (χ0) is 18.1. The first-order valence-corrected chi connectivity index (χ1v) is 8.29. The Balaban J connectivity index is 1.75. The van der Waals surface area contributed by atoms with E-state index in [0.29, 0.717) is 23.7 Å². The van der Waals surface area contributed by atoms with E-state index in [0.717, 1.165) is 11.1 Å². The summed E-state index contributed by atoms with van der Waals surface area (Å²) >= 11 is 0. The van der Waals surface area contributed by atoms with Gasteiger partial charge in [-0.1, -0.05) is 42.5 Å². The molecule has 1 aliphatic heterocycles. The second kappa shape index (κ2) is 6.52. The van der Waals surface area contributed by atoms with Gasteiger partial charge in [-0.15, -0.1) is 0 Å². The molecule has 1 unspecified atom stereocenters. The number of rotatable bonds is 3. The van der Waals surface area contributed by atoms with Crippen LogP contribution in [-0.2, 0) is 11.3 Å². The molecule has 130 valence electrons. The summed E-state index contributed by atoms with van der Waals surface area (Å²) < 4.78 is 19.2. The van der Waals surface area contributed by atoms with Crippen LogP contribution < -0.4 is 15.4 Å². The summed E-state index contributed by atoms with van der Waals surface area (Å²) in [5.74, 6) is 0.0794. The van der Waals surface area contributed by atoms with Crippen molar-refractivity contribution in [2.24, 2.45) is 0 Å². The Bertz CT molecular complexity index is 942. The van der Waals surface area contributed by atoms with Crippen molar-refractivity contribution in [1.29, 1.82) is 0 Å². The summed E-state index contributed by atoms with van der Waals surface area (Å²) in [7, 11) is 0. The van der Waals surface area contributed by atoms with Gasteiger partial charge in [-0.05, 0) is 29.8 Å². The number of hydrogen-bond acceptors (Lipinski definition) is 3. The number of carbonyl (C=O) groups excluding carboxylic acids is 1. The SMILES string of the molecule is Nc1ccc2c(c1)OC(c1ccccc1)C(=O)N2Cc1ccc(F)cc1. The molecular weight excluding hydrogens is 331 g/mol. The molecule has 0 radical (unpaired) electrons. The minimum absolute atomic E-state index is 0.169. The first-order chi connectivity index (χ1) is 12.6. The van der Waals surface area contributed by atoms with Gasteiger partial charge in [0.2, 0.25) is 6.10 Å². The van der Waals surface area contributed by atoms with E-state index in [-0.39, 0.29) is 11.7 Å². The minimum Gasteiger partial charge on any atom is -0.474 e. The molecule has 0 fully saturated rings. The molecule has 0 aromatic heterocycles. The maximum absolute atomic E-state index is 13.2. The third kappa shape index (κ3) is 2.99. The van der Waals surface area contributed by atoms with E-state index in [1.807, 2.05) is 30.3 Å². The molecule has 4 rings (SSSR count). The molecule has 0 saturated carbocycles. The van der Waals surface area contributed by atoms with Crippen LogP contribution in [0, 0.1) is 5.82 Å². The summed E-state index contributed by atoms with van der Waals surface area (Å²) in [6, 6.07) is 20.7. The smallest absolute Gasteiger partial charge is 0.273 e. The van der Waals surface area contributed by atoms with Gasteiger partial charge in [-0.25, -0.2) is 4.39 Å². The third-order valence-corrected chi connectivity index (χ3v) is 4.37. The summed E-state index contributed by atoms with van der Waals surface area (Å²) in [5, 5.41) is 0. The van der Waals surface area contributed by atoms with Crippen LogP contribution in [0.15, 0.2) is 72.8 Å². The molecular formula is C21H17FN2O2. The molecule has 0 bridgehead atoms. The molecule has 26 heavy (non-hydrogen) atoms. The number of amides is 1. The fourth-order valence-electron chi connectivity index (χ4n) is 3.06. The van der Waals surface area contributed by atoms with Gasteiger partial charge in [-0.2, -0.15) is 0 Å². The van der Waals surface area contributed by atoms with Crippen LogP contribution >= 0.6 is 0 Å². The molecule has 3 aromatic rings. The predicted molar refractivity (Wildman–Crippen MR) is 98.3 cm³/mol.